The molecule has 0 atom stereocenters. The van der Waals surface area contributed by atoms with Gasteiger partial charge in [-0.15, -0.1) is 0 Å². The quantitative estimate of drug-likeness (QED) is 0.172. The molecule has 0 aliphatic heterocycles. The summed E-state index contributed by atoms with van der Waals surface area (Å²) in [5.74, 6) is 0.604. The summed E-state index contributed by atoms with van der Waals surface area (Å²) in [5.41, 5.74) is 14.0. The predicted molar refractivity (Wildman–Crippen MR) is 229 cm³/mol. The predicted octanol–water partition coefficient (Wildman–Crippen LogP) is 14.3. The third-order valence-electron chi connectivity index (χ3n) is 10.7. The number of hydrogen-bond acceptors (Lipinski definition) is 4. The molecule has 0 saturated heterocycles. The van der Waals surface area contributed by atoms with Crippen LogP contribution in [0.3, 0.4) is 0 Å². The maximum Gasteiger partial charge on any atom is 0.161 e. The van der Waals surface area contributed by atoms with Crippen LogP contribution in [0.5, 0.6) is 0 Å². The number of para-hydroxylation sites is 4. The molecule has 0 amide bonds. The molecule has 0 aliphatic carbocycles. The fourth-order valence-corrected chi connectivity index (χ4v) is 8.12. The first-order chi connectivity index (χ1) is 27.8. The monoisotopic (exact) mass is 716 g/mol. The first-order valence-electron chi connectivity index (χ1n) is 18.8. The Morgan fingerprint density at radius 1 is 0.304 bits per heavy atom. The van der Waals surface area contributed by atoms with Gasteiger partial charge >= 0.3 is 0 Å². The maximum atomic E-state index is 6.61. The van der Waals surface area contributed by atoms with Crippen LogP contribution in [-0.4, -0.2) is 9.97 Å². The molecule has 262 valence electrons. The molecule has 0 spiro atoms. The molecule has 0 fully saturated rings. The van der Waals surface area contributed by atoms with Gasteiger partial charge in [-0.1, -0.05) is 152 Å². The lowest BCUT2D eigenvalue weighted by atomic mass is 9.86. The van der Waals surface area contributed by atoms with E-state index in [1.165, 1.54) is 0 Å². The van der Waals surface area contributed by atoms with Crippen molar-refractivity contribution in [3.8, 4) is 67.3 Å². The topological polar surface area (TPSA) is 52.1 Å². The standard InChI is InChI=1S/C52H32N2O2/c1-4-16-33(17-5-1)36-30-43(34-18-6-2-7-19-34)49(35-20-8-3-9-21-35)44(31-36)52-53-45(41-26-14-24-39-37-22-10-12-28-47(37)55-50(39)41)32-46(54-52)42-27-15-25-40-38-23-11-13-29-48(38)56-51(40)42/h1-32H. The van der Waals surface area contributed by atoms with Crippen molar-refractivity contribution in [1.29, 1.82) is 0 Å². The first kappa shape index (κ1) is 31.9. The highest BCUT2D eigenvalue weighted by Gasteiger charge is 2.23. The number of furan rings is 2. The molecule has 3 heterocycles. The van der Waals surface area contributed by atoms with Crippen LogP contribution < -0.4 is 0 Å². The van der Waals surface area contributed by atoms with Gasteiger partial charge < -0.3 is 8.83 Å². The minimum absolute atomic E-state index is 0.604. The molecule has 0 unspecified atom stereocenters. The molecule has 0 aliphatic rings. The molecular formula is C52H32N2O2. The highest BCUT2D eigenvalue weighted by Crippen LogP contribution is 2.45. The van der Waals surface area contributed by atoms with Gasteiger partial charge in [0.2, 0.25) is 0 Å². The Bertz CT molecular complexity index is 3100. The van der Waals surface area contributed by atoms with E-state index in [9.17, 15) is 0 Å². The van der Waals surface area contributed by atoms with Crippen LogP contribution in [0, 0.1) is 0 Å². The van der Waals surface area contributed by atoms with E-state index < -0.39 is 0 Å². The molecule has 11 rings (SSSR count). The Morgan fingerprint density at radius 3 is 1.30 bits per heavy atom. The third-order valence-corrected chi connectivity index (χ3v) is 10.7. The summed E-state index contributed by atoms with van der Waals surface area (Å²) >= 11 is 0. The largest absolute Gasteiger partial charge is 0.455 e. The van der Waals surface area contributed by atoms with Gasteiger partial charge in [-0.05, 0) is 70.3 Å². The van der Waals surface area contributed by atoms with Crippen LogP contribution in [0.4, 0.5) is 0 Å². The summed E-state index contributed by atoms with van der Waals surface area (Å²) in [6, 6.07) is 67.3. The van der Waals surface area contributed by atoms with E-state index >= 15 is 0 Å². The number of aromatic nitrogens is 2. The summed E-state index contributed by atoms with van der Waals surface area (Å²) < 4.78 is 13.2. The molecular weight excluding hydrogens is 685 g/mol. The van der Waals surface area contributed by atoms with E-state index in [1.54, 1.807) is 0 Å². The SMILES string of the molecule is c1ccc(-c2cc(-c3ccccc3)c(-c3ccccc3)c(-c3nc(-c4cccc5c4oc4ccccc45)cc(-c4cccc5c4oc4ccccc45)n3)c2)cc1. The summed E-state index contributed by atoms with van der Waals surface area (Å²) in [7, 11) is 0. The number of rotatable bonds is 6. The lowest BCUT2D eigenvalue weighted by molar-refractivity contribution is 0.669. The van der Waals surface area contributed by atoms with Gasteiger partial charge in [-0.25, -0.2) is 9.97 Å². The molecule has 4 heteroatoms. The first-order valence-corrected chi connectivity index (χ1v) is 18.8. The van der Waals surface area contributed by atoms with Gasteiger partial charge in [0.15, 0.2) is 5.82 Å². The normalized spacial score (nSPS) is 11.6. The Hall–Kier alpha value is -7.56. The molecule has 0 bridgehead atoms. The van der Waals surface area contributed by atoms with Crippen molar-refractivity contribution < 1.29 is 8.83 Å². The van der Waals surface area contributed by atoms with Crippen molar-refractivity contribution in [3.05, 3.63) is 194 Å². The van der Waals surface area contributed by atoms with Gasteiger partial charge in [0.1, 0.15) is 22.3 Å². The van der Waals surface area contributed by atoms with Crippen LogP contribution in [0.25, 0.3) is 111 Å². The van der Waals surface area contributed by atoms with Crippen molar-refractivity contribution in [2.75, 3.05) is 0 Å². The van der Waals surface area contributed by atoms with Crippen molar-refractivity contribution >= 4 is 43.9 Å². The molecule has 0 saturated carbocycles. The summed E-state index contributed by atoms with van der Waals surface area (Å²) in [4.78, 5) is 11.0. The lowest BCUT2D eigenvalue weighted by Crippen LogP contribution is -2.00. The Morgan fingerprint density at radius 2 is 0.750 bits per heavy atom. The van der Waals surface area contributed by atoms with E-state index in [1.807, 2.05) is 36.4 Å². The van der Waals surface area contributed by atoms with E-state index in [0.29, 0.717) is 5.82 Å². The average Bonchev–Trinajstić information content (AvgIpc) is 3.85. The smallest absolute Gasteiger partial charge is 0.161 e. The van der Waals surface area contributed by atoms with E-state index in [0.717, 1.165) is 105 Å². The van der Waals surface area contributed by atoms with Crippen LogP contribution in [0.2, 0.25) is 0 Å². The van der Waals surface area contributed by atoms with Crippen LogP contribution in [0.1, 0.15) is 0 Å². The number of benzene rings is 8. The zero-order chi connectivity index (χ0) is 37.0. The second-order valence-electron chi connectivity index (χ2n) is 14.1. The van der Waals surface area contributed by atoms with Gasteiger partial charge in [0.25, 0.3) is 0 Å². The van der Waals surface area contributed by atoms with Gasteiger partial charge in [0, 0.05) is 43.8 Å². The molecule has 8 aromatic carbocycles. The van der Waals surface area contributed by atoms with Crippen molar-refractivity contribution in [1.82, 2.24) is 9.97 Å². The van der Waals surface area contributed by atoms with Gasteiger partial charge in [-0.3, -0.25) is 0 Å². The van der Waals surface area contributed by atoms with Crippen molar-refractivity contribution in [3.63, 3.8) is 0 Å². The molecule has 0 radical (unpaired) electrons. The summed E-state index contributed by atoms with van der Waals surface area (Å²) in [6.07, 6.45) is 0. The molecule has 11 aromatic rings. The molecule has 3 aromatic heterocycles. The summed E-state index contributed by atoms with van der Waals surface area (Å²) in [6.45, 7) is 0. The zero-order valence-electron chi connectivity index (χ0n) is 30.2. The maximum absolute atomic E-state index is 6.61. The zero-order valence-corrected chi connectivity index (χ0v) is 30.2. The van der Waals surface area contributed by atoms with Crippen LogP contribution in [-0.2, 0) is 0 Å². The number of hydrogen-bond donors (Lipinski definition) is 0. The van der Waals surface area contributed by atoms with E-state index in [4.69, 9.17) is 18.8 Å². The number of fused-ring (bicyclic) bond motifs is 6. The van der Waals surface area contributed by atoms with Gasteiger partial charge in [-0.2, -0.15) is 0 Å². The Balaban J connectivity index is 1.26. The fraction of sp³-hybridized carbons (Fsp3) is 0. The highest BCUT2D eigenvalue weighted by molar-refractivity contribution is 6.11. The van der Waals surface area contributed by atoms with Crippen LogP contribution >= 0.6 is 0 Å². The van der Waals surface area contributed by atoms with Crippen LogP contribution in [0.15, 0.2) is 203 Å². The Labute approximate surface area is 323 Å². The number of nitrogens with zero attached hydrogens (tertiary/aromatic N) is 2. The minimum Gasteiger partial charge on any atom is -0.455 e. The van der Waals surface area contributed by atoms with E-state index in [2.05, 4.69) is 158 Å². The second-order valence-corrected chi connectivity index (χ2v) is 14.1. The molecule has 56 heavy (non-hydrogen) atoms. The fourth-order valence-electron chi connectivity index (χ4n) is 8.12. The minimum atomic E-state index is 0.604. The summed E-state index contributed by atoms with van der Waals surface area (Å²) in [5, 5.41) is 4.23. The lowest BCUT2D eigenvalue weighted by Gasteiger charge is -2.19. The second kappa shape index (κ2) is 13.1. The molecule has 4 nitrogen and oxygen atoms in total. The highest BCUT2D eigenvalue weighted by atomic mass is 16.3. The Kier molecular flexibility index (Phi) is 7.46. The van der Waals surface area contributed by atoms with Crippen molar-refractivity contribution in [2.24, 2.45) is 0 Å². The molecule has 0 N–H and O–H groups in total. The van der Waals surface area contributed by atoms with E-state index in [-0.39, 0.29) is 0 Å². The average molecular weight is 717 g/mol. The third kappa shape index (κ3) is 5.31. The van der Waals surface area contributed by atoms with Crippen molar-refractivity contribution in [2.45, 2.75) is 0 Å². The van der Waals surface area contributed by atoms with Gasteiger partial charge in [0.05, 0.1) is 11.4 Å².